The molecule has 0 N–H and O–H groups in total. The average molecular weight is 239 g/mol. The van der Waals surface area contributed by atoms with Crippen LogP contribution in [0.2, 0.25) is 0 Å². The summed E-state index contributed by atoms with van der Waals surface area (Å²) in [6.07, 6.45) is -1.40. The number of hydrogen-bond acceptors (Lipinski definition) is 1. The van der Waals surface area contributed by atoms with Crippen molar-refractivity contribution in [1.29, 1.82) is 0 Å². The van der Waals surface area contributed by atoms with E-state index in [0.29, 0.717) is 0 Å². The van der Waals surface area contributed by atoms with E-state index < -0.39 is 17.8 Å². The van der Waals surface area contributed by atoms with Gasteiger partial charge < -0.3 is 0 Å². The largest absolute Gasteiger partial charge is 0.416 e. The highest BCUT2D eigenvalue weighted by molar-refractivity contribution is 5.32. The van der Waals surface area contributed by atoms with Crippen molar-refractivity contribution in [2.24, 2.45) is 0 Å². The molecule has 0 aliphatic heterocycles. The summed E-state index contributed by atoms with van der Waals surface area (Å²) < 4.78 is 39.9. The zero-order valence-electron chi connectivity index (χ0n) is 9.07. The molecule has 0 amide bonds. The van der Waals surface area contributed by atoms with Gasteiger partial charge in [0.15, 0.2) is 0 Å². The Labute approximate surface area is 96.7 Å². The first-order chi connectivity index (χ1) is 8.00. The molecule has 0 aliphatic rings. The normalized spacial score (nSPS) is 13.6. The number of rotatable bonds is 2. The summed E-state index contributed by atoms with van der Waals surface area (Å²) in [4.78, 5) is 0. The fraction of sp³-hybridized carbons (Fsp3) is 0.250. The van der Waals surface area contributed by atoms with Gasteiger partial charge in [-0.1, -0.05) is 18.2 Å². The van der Waals surface area contributed by atoms with Gasteiger partial charge in [-0.25, -0.2) is 0 Å². The Morgan fingerprint density at radius 3 is 2.59 bits per heavy atom. The lowest BCUT2D eigenvalue weighted by Gasteiger charge is -2.18. The number of alkyl halides is 3. The third-order valence-electron chi connectivity index (χ3n) is 2.59. The molecule has 1 aromatic carbocycles. The number of halogens is 3. The minimum absolute atomic E-state index is 0.206. The van der Waals surface area contributed by atoms with E-state index >= 15 is 0 Å². The molecule has 2 nitrogen and oxygen atoms in total. The fourth-order valence-electron chi connectivity index (χ4n) is 1.72. The van der Waals surface area contributed by atoms with Crippen LogP contribution in [0.15, 0.2) is 36.7 Å². The van der Waals surface area contributed by atoms with Crippen molar-refractivity contribution in [3.63, 3.8) is 0 Å². The molecule has 5 heteroatoms. The van der Waals surface area contributed by atoms with E-state index in [1.807, 2.05) is 0 Å². The predicted octanol–water partition coefficient (Wildman–Crippen LogP) is 3.31. The Kier molecular flexibility index (Phi) is 2.92. The Bertz CT molecular complexity index is 489. The van der Waals surface area contributed by atoms with Crippen LogP contribution in [0.4, 0.5) is 13.2 Å². The molecular formula is C12H10F3N2. The van der Waals surface area contributed by atoms with Crippen LogP contribution < -0.4 is 0 Å². The van der Waals surface area contributed by atoms with Crippen LogP contribution in [0.25, 0.3) is 0 Å². The van der Waals surface area contributed by atoms with Gasteiger partial charge in [0.05, 0.1) is 17.8 Å². The van der Waals surface area contributed by atoms with E-state index in [1.54, 1.807) is 13.0 Å². The average Bonchev–Trinajstić information content (AvgIpc) is 2.80. The van der Waals surface area contributed by atoms with Crippen molar-refractivity contribution in [3.05, 3.63) is 53.9 Å². The van der Waals surface area contributed by atoms with Gasteiger partial charge in [-0.05, 0) is 18.6 Å². The van der Waals surface area contributed by atoms with Crippen molar-refractivity contribution >= 4 is 0 Å². The van der Waals surface area contributed by atoms with Gasteiger partial charge in [0.2, 0.25) is 0 Å². The lowest BCUT2D eigenvalue weighted by molar-refractivity contribution is -0.138. The number of hydrogen-bond donors (Lipinski definition) is 0. The van der Waals surface area contributed by atoms with Crippen LogP contribution in [0.5, 0.6) is 0 Å². The SMILES string of the molecule is CC(c1ccccc1C(F)(F)F)n1c[c]cn1. The maximum absolute atomic E-state index is 12.8. The molecule has 2 rings (SSSR count). The molecule has 1 unspecified atom stereocenters. The van der Waals surface area contributed by atoms with Gasteiger partial charge in [-0.15, -0.1) is 0 Å². The molecule has 2 aromatic rings. The lowest BCUT2D eigenvalue weighted by Crippen LogP contribution is -2.15. The Hall–Kier alpha value is -1.78. The van der Waals surface area contributed by atoms with Crippen molar-refractivity contribution in [1.82, 2.24) is 9.78 Å². The molecule has 1 heterocycles. The van der Waals surface area contributed by atoms with Crippen molar-refractivity contribution in [2.45, 2.75) is 19.1 Å². The first-order valence-corrected chi connectivity index (χ1v) is 5.06. The number of benzene rings is 1. The summed E-state index contributed by atoms with van der Waals surface area (Å²) in [5.41, 5.74) is -0.417. The van der Waals surface area contributed by atoms with E-state index in [0.717, 1.165) is 6.07 Å². The summed E-state index contributed by atoms with van der Waals surface area (Å²) in [6, 6.07) is 7.76. The van der Waals surface area contributed by atoms with E-state index in [2.05, 4.69) is 11.2 Å². The van der Waals surface area contributed by atoms with E-state index in [4.69, 9.17) is 0 Å². The summed E-state index contributed by atoms with van der Waals surface area (Å²) in [5, 5.41) is 3.91. The van der Waals surface area contributed by atoms with Gasteiger partial charge in [0.1, 0.15) is 0 Å². The standard InChI is InChI=1S/C12H10F3N2/c1-9(17-8-4-7-16-17)10-5-2-3-6-11(10)12(13,14)15/h2-3,5-9H,1H3. The third-order valence-corrected chi connectivity index (χ3v) is 2.59. The molecular weight excluding hydrogens is 229 g/mol. The second-order valence-electron chi connectivity index (χ2n) is 3.68. The first kappa shape index (κ1) is 11.7. The maximum atomic E-state index is 12.8. The second-order valence-corrected chi connectivity index (χ2v) is 3.68. The minimum Gasteiger partial charge on any atom is -0.265 e. The summed E-state index contributed by atoms with van der Waals surface area (Å²) in [6.45, 7) is 1.67. The minimum atomic E-state index is -4.35. The third kappa shape index (κ3) is 2.33. The van der Waals surface area contributed by atoms with Crippen molar-refractivity contribution < 1.29 is 13.2 Å². The van der Waals surface area contributed by atoms with Crippen molar-refractivity contribution in [3.8, 4) is 0 Å². The molecule has 0 fully saturated rings. The van der Waals surface area contributed by atoms with Crippen LogP contribution in [-0.2, 0) is 6.18 Å². The van der Waals surface area contributed by atoms with Crippen LogP contribution in [0, 0.1) is 6.07 Å². The summed E-state index contributed by atoms with van der Waals surface area (Å²) in [5.74, 6) is 0. The van der Waals surface area contributed by atoms with Gasteiger partial charge in [0, 0.05) is 12.3 Å². The molecule has 0 aliphatic carbocycles. The molecule has 1 radical (unpaired) electrons. The van der Waals surface area contributed by atoms with Crippen LogP contribution in [-0.4, -0.2) is 9.78 Å². The smallest absolute Gasteiger partial charge is 0.265 e. The Balaban J connectivity index is 2.46. The van der Waals surface area contributed by atoms with Crippen LogP contribution in [0.1, 0.15) is 24.1 Å². The molecule has 0 spiro atoms. The van der Waals surface area contributed by atoms with Crippen molar-refractivity contribution in [2.75, 3.05) is 0 Å². The highest BCUT2D eigenvalue weighted by Gasteiger charge is 2.34. The Morgan fingerprint density at radius 2 is 2.00 bits per heavy atom. The topological polar surface area (TPSA) is 17.8 Å². The van der Waals surface area contributed by atoms with Gasteiger partial charge in [-0.3, -0.25) is 4.68 Å². The quantitative estimate of drug-likeness (QED) is 0.786. The Morgan fingerprint density at radius 1 is 1.29 bits per heavy atom. The van der Waals surface area contributed by atoms with E-state index in [9.17, 15) is 13.2 Å². The highest BCUT2D eigenvalue weighted by Crippen LogP contribution is 2.35. The van der Waals surface area contributed by atoms with E-state index in [1.165, 1.54) is 29.2 Å². The van der Waals surface area contributed by atoms with E-state index in [-0.39, 0.29) is 5.56 Å². The second kappa shape index (κ2) is 4.24. The zero-order valence-corrected chi connectivity index (χ0v) is 9.07. The highest BCUT2D eigenvalue weighted by atomic mass is 19.4. The van der Waals surface area contributed by atoms with Crippen LogP contribution in [0.3, 0.4) is 0 Å². The number of nitrogens with zero attached hydrogens (tertiary/aromatic N) is 2. The molecule has 1 aromatic heterocycles. The van der Waals surface area contributed by atoms with Gasteiger partial charge in [0.25, 0.3) is 0 Å². The molecule has 0 saturated carbocycles. The van der Waals surface area contributed by atoms with Gasteiger partial charge in [-0.2, -0.15) is 18.3 Å². The lowest BCUT2D eigenvalue weighted by atomic mass is 10.0. The molecule has 0 bridgehead atoms. The molecule has 89 valence electrons. The number of aromatic nitrogens is 2. The zero-order chi connectivity index (χ0) is 12.5. The van der Waals surface area contributed by atoms with Gasteiger partial charge >= 0.3 is 6.18 Å². The monoisotopic (exact) mass is 239 g/mol. The predicted molar refractivity (Wildman–Crippen MR) is 56.3 cm³/mol. The first-order valence-electron chi connectivity index (χ1n) is 5.06. The summed E-state index contributed by atoms with van der Waals surface area (Å²) in [7, 11) is 0. The van der Waals surface area contributed by atoms with Crippen LogP contribution >= 0.6 is 0 Å². The molecule has 1 atom stereocenters. The molecule has 17 heavy (non-hydrogen) atoms. The fourth-order valence-corrected chi connectivity index (χ4v) is 1.72. The maximum Gasteiger partial charge on any atom is 0.416 e. The summed E-state index contributed by atoms with van der Waals surface area (Å²) >= 11 is 0. The molecule has 0 saturated heterocycles.